The number of hydrogen-bond donors (Lipinski definition) is 1. The number of nitrogens with one attached hydrogen (secondary N) is 1. The average Bonchev–Trinajstić information content (AvgIpc) is 2.91. The monoisotopic (exact) mass is 531 g/mol. The third-order valence-corrected chi connectivity index (χ3v) is 7.58. The summed E-state index contributed by atoms with van der Waals surface area (Å²) in [5.41, 5.74) is 4.21. The van der Waals surface area contributed by atoms with Crippen LogP contribution >= 0.6 is 11.8 Å². The number of carbonyl (C=O) groups excluding carboxylic acids is 1. The van der Waals surface area contributed by atoms with Gasteiger partial charge >= 0.3 is 0 Å². The predicted molar refractivity (Wildman–Crippen MR) is 158 cm³/mol. The van der Waals surface area contributed by atoms with Gasteiger partial charge in [-0.3, -0.25) is 9.69 Å². The van der Waals surface area contributed by atoms with E-state index in [1.807, 2.05) is 24.3 Å². The summed E-state index contributed by atoms with van der Waals surface area (Å²) in [5, 5.41) is 3.78. The summed E-state index contributed by atoms with van der Waals surface area (Å²) < 4.78 is 0. The molecule has 2 aromatic carbocycles. The number of amides is 1. The molecule has 0 bridgehead atoms. The van der Waals surface area contributed by atoms with E-state index >= 15 is 0 Å². The fourth-order valence-corrected chi connectivity index (χ4v) is 5.11. The quantitative estimate of drug-likeness (QED) is 0.279. The Morgan fingerprint density at radius 2 is 1.63 bits per heavy atom. The Morgan fingerprint density at radius 1 is 0.947 bits per heavy atom. The van der Waals surface area contributed by atoms with Gasteiger partial charge in [0.15, 0.2) is 5.16 Å². The van der Waals surface area contributed by atoms with Crippen molar-refractivity contribution in [1.82, 2.24) is 20.2 Å². The summed E-state index contributed by atoms with van der Waals surface area (Å²) in [6.45, 7) is 16.4. The summed E-state index contributed by atoms with van der Waals surface area (Å²) in [7, 11) is 0. The highest BCUT2D eigenvalue weighted by atomic mass is 32.2. The molecule has 1 fully saturated rings. The van der Waals surface area contributed by atoms with Crippen LogP contribution in [0, 0.1) is 5.92 Å². The molecule has 6 nitrogen and oxygen atoms in total. The molecule has 1 aliphatic heterocycles. The smallest absolute Gasteiger partial charge is 0.251 e. The van der Waals surface area contributed by atoms with E-state index in [2.05, 4.69) is 86.1 Å². The molecule has 0 spiro atoms. The first kappa shape index (κ1) is 28.1. The van der Waals surface area contributed by atoms with Gasteiger partial charge in [0.2, 0.25) is 0 Å². The number of nitrogens with zero attached hydrogens (tertiary/aromatic N) is 4. The fourth-order valence-electron chi connectivity index (χ4n) is 4.30. The summed E-state index contributed by atoms with van der Waals surface area (Å²) >= 11 is 1.65. The molecular weight excluding hydrogens is 490 g/mol. The van der Waals surface area contributed by atoms with E-state index in [1.165, 1.54) is 5.56 Å². The van der Waals surface area contributed by atoms with Crippen molar-refractivity contribution in [3.8, 4) is 0 Å². The van der Waals surface area contributed by atoms with E-state index in [1.54, 1.807) is 11.8 Å². The minimum atomic E-state index is -0.0624. The zero-order chi connectivity index (χ0) is 27.1. The SMILES string of the molecule is CC(C)CNC(=O)c1ccc(CSc2nc(N3CCN(Cc4ccccc4)CC3)cc(C(C)(C)C)n2)cc1. The topological polar surface area (TPSA) is 61.4 Å². The molecular formula is C31H41N5OS. The highest BCUT2D eigenvalue weighted by molar-refractivity contribution is 7.98. The lowest BCUT2D eigenvalue weighted by molar-refractivity contribution is 0.0949. The molecule has 202 valence electrons. The highest BCUT2D eigenvalue weighted by Crippen LogP contribution is 2.29. The van der Waals surface area contributed by atoms with Crippen LogP contribution in [0.5, 0.6) is 0 Å². The first-order chi connectivity index (χ1) is 18.2. The zero-order valence-electron chi connectivity index (χ0n) is 23.4. The Bertz CT molecular complexity index is 1180. The van der Waals surface area contributed by atoms with Gasteiger partial charge in [0, 0.05) is 62.1 Å². The van der Waals surface area contributed by atoms with Crippen LogP contribution in [0.25, 0.3) is 0 Å². The molecule has 0 unspecified atom stereocenters. The Balaban J connectivity index is 1.40. The lowest BCUT2D eigenvalue weighted by atomic mass is 9.92. The third kappa shape index (κ3) is 8.05. The summed E-state index contributed by atoms with van der Waals surface area (Å²) in [4.78, 5) is 27.1. The molecule has 38 heavy (non-hydrogen) atoms. The second-order valence-corrected chi connectivity index (χ2v) is 12.4. The van der Waals surface area contributed by atoms with Crippen LogP contribution in [0.4, 0.5) is 5.82 Å². The van der Waals surface area contributed by atoms with Crippen molar-refractivity contribution >= 4 is 23.5 Å². The lowest BCUT2D eigenvalue weighted by Crippen LogP contribution is -2.46. The number of aromatic nitrogens is 2. The molecule has 0 aliphatic carbocycles. The zero-order valence-corrected chi connectivity index (χ0v) is 24.2. The largest absolute Gasteiger partial charge is 0.354 e. The van der Waals surface area contributed by atoms with Gasteiger partial charge < -0.3 is 10.2 Å². The maximum atomic E-state index is 12.3. The molecule has 4 rings (SSSR count). The van der Waals surface area contributed by atoms with Gasteiger partial charge in [-0.2, -0.15) is 0 Å². The standard InChI is InChI=1S/C31H41N5OS/c1-23(2)20-32-29(37)26-13-11-25(12-14-26)22-38-30-33-27(31(3,4)5)19-28(34-30)36-17-15-35(16-18-36)21-24-9-7-6-8-10-24/h6-14,19,23H,15-18,20-22H2,1-5H3,(H,32,37). The Labute approximate surface area is 232 Å². The van der Waals surface area contributed by atoms with E-state index in [0.29, 0.717) is 18.0 Å². The number of piperazine rings is 1. The van der Waals surface area contributed by atoms with E-state index < -0.39 is 0 Å². The van der Waals surface area contributed by atoms with Gasteiger partial charge in [0.25, 0.3) is 5.91 Å². The van der Waals surface area contributed by atoms with Crippen molar-refractivity contribution in [3.05, 3.63) is 83.0 Å². The van der Waals surface area contributed by atoms with E-state index in [-0.39, 0.29) is 11.3 Å². The van der Waals surface area contributed by atoms with Crippen molar-refractivity contribution < 1.29 is 4.79 Å². The summed E-state index contributed by atoms with van der Waals surface area (Å²) in [5.74, 6) is 2.18. The number of rotatable bonds is 9. The normalized spacial score (nSPS) is 14.6. The summed E-state index contributed by atoms with van der Waals surface area (Å²) in [6, 6.07) is 20.7. The molecule has 2 heterocycles. The molecule has 7 heteroatoms. The molecule has 1 N–H and O–H groups in total. The highest BCUT2D eigenvalue weighted by Gasteiger charge is 2.23. The maximum Gasteiger partial charge on any atom is 0.251 e. The van der Waals surface area contributed by atoms with Crippen LogP contribution in [0.2, 0.25) is 0 Å². The first-order valence-electron chi connectivity index (χ1n) is 13.6. The van der Waals surface area contributed by atoms with Gasteiger partial charge in [-0.25, -0.2) is 9.97 Å². The van der Waals surface area contributed by atoms with Crippen LogP contribution in [0.3, 0.4) is 0 Å². The van der Waals surface area contributed by atoms with Gasteiger partial charge in [0.1, 0.15) is 5.82 Å². The fraction of sp³-hybridized carbons (Fsp3) is 0.452. The molecule has 0 saturated carbocycles. The number of hydrogen-bond acceptors (Lipinski definition) is 6. The van der Waals surface area contributed by atoms with Crippen molar-refractivity contribution in [2.75, 3.05) is 37.6 Å². The van der Waals surface area contributed by atoms with Gasteiger partial charge in [-0.1, -0.05) is 88.8 Å². The van der Waals surface area contributed by atoms with Crippen molar-refractivity contribution in [2.45, 2.75) is 57.5 Å². The van der Waals surface area contributed by atoms with Crippen molar-refractivity contribution in [3.63, 3.8) is 0 Å². The van der Waals surface area contributed by atoms with Crippen molar-refractivity contribution in [2.24, 2.45) is 5.92 Å². The maximum absolute atomic E-state index is 12.3. The van der Waals surface area contributed by atoms with Crippen LogP contribution in [-0.2, 0) is 17.7 Å². The average molecular weight is 532 g/mol. The molecule has 1 aromatic heterocycles. The number of thioether (sulfide) groups is 1. The molecule has 3 aromatic rings. The van der Waals surface area contributed by atoms with Crippen LogP contribution < -0.4 is 10.2 Å². The van der Waals surface area contributed by atoms with Crippen LogP contribution in [0.15, 0.2) is 65.8 Å². The second-order valence-electron chi connectivity index (χ2n) is 11.5. The summed E-state index contributed by atoms with van der Waals surface area (Å²) in [6.07, 6.45) is 0. The predicted octanol–water partition coefficient (Wildman–Crippen LogP) is 5.77. The van der Waals surface area contributed by atoms with Gasteiger partial charge in [-0.15, -0.1) is 0 Å². The van der Waals surface area contributed by atoms with Crippen LogP contribution in [-0.4, -0.2) is 53.5 Å². The number of benzene rings is 2. The third-order valence-electron chi connectivity index (χ3n) is 6.66. The Morgan fingerprint density at radius 3 is 2.26 bits per heavy atom. The Kier molecular flexibility index (Phi) is 9.44. The minimum Gasteiger partial charge on any atom is -0.354 e. The first-order valence-corrected chi connectivity index (χ1v) is 14.6. The minimum absolute atomic E-state index is 0.0207. The van der Waals surface area contributed by atoms with Gasteiger partial charge in [-0.05, 0) is 29.2 Å². The molecule has 1 aliphatic rings. The number of anilines is 1. The van der Waals surface area contributed by atoms with E-state index in [9.17, 15) is 4.79 Å². The number of carbonyl (C=O) groups is 1. The van der Waals surface area contributed by atoms with E-state index in [0.717, 1.165) is 60.7 Å². The van der Waals surface area contributed by atoms with Crippen molar-refractivity contribution in [1.29, 1.82) is 0 Å². The lowest BCUT2D eigenvalue weighted by Gasteiger charge is -2.36. The van der Waals surface area contributed by atoms with Gasteiger partial charge in [0.05, 0.1) is 5.69 Å². The van der Waals surface area contributed by atoms with E-state index in [4.69, 9.17) is 9.97 Å². The molecule has 0 radical (unpaired) electrons. The van der Waals surface area contributed by atoms with Crippen LogP contribution in [0.1, 0.15) is 61.8 Å². The second kappa shape index (κ2) is 12.8. The molecule has 1 saturated heterocycles. The molecule has 0 atom stereocenters. The molecule has 1 amide bonds. The Hall–Kier alpha value is -2.90.